The molecular formula is C28H35NO4. The first kappa shape index (κ1) is 23.3. The Balaban J connectivity index is 1.58. The van der Waals surface area contributed by atoms with Crippen molar-refractivity contribution in [2.45, 2.75) is 64.3 Å². The SMILES string of the molecule is CCCN(C(=O)OCC1c2ccccc2-c2ccccc21)C1(C(=O)O)CCCC(C(C)C)C1. The molecular weight excluding hydrogens is 414 g/mol. The number of carbonyl (C=O) groups is 2. The molecule has 2 atom stereocenters. The van der Waals surface area contributed by atoms with E-state index >= 15 is 0 Å². The molecule has 2 aliphatic carbocycles. The van der Waals surface area contributed by atoms with Crippen LogP contribution in [-0.4, -0.2) is 40.8 Å². The zero-order chi connectivity index (χ0) is 23.6. The molecule has 2 aliphatic rings. The first-order valence-electron chi connectivity index (χ1n) is 12.2. The van der Waals surface area contributed by atoms with Crippen molar-refractivity contribution >= 4 is 12.1 Å². The number of rotatable bonds is 7. The van der Waals surface area contributed by atoms with Gasteiger partial charge in [-0.25, -0.2) is 9.59 Å². The third-order valence-electron chi connectivity index (χ3n) is 7.63. The second kappa shape index (κ2) is 9.58. The minimum atomic E-state index is -1.19. The van der Waals surface area contributed by atoms with Gasteiger partial charge < -0.3 is 9.84 Å². The largest absolute Gasteiger partial charge is 0.479 e. The lowest BCUT2D eigenvalue weighted by Gasteiger charge is -2.45. The summed E-state index contributed by atoms with van der Waals surface area (Å²) in [6.07, 6.45) is 2.97. The van der Waals surface area contributed by atoms with Crippen LogP contribution in [0.4, 0.5) is 4.79 Å². The highest BCUT2D eigenvalue weighted by Crippen LogP contribution is 2.45. The number of ether oxygens (including phenoxy) is 1. The molecule has 2 aromatic rings. The number of carboxylic acid groups (broad SMARTS) is 1. The standard InChI is InChI=1S/C28H35NO4/c1-4-16-29(28(26(30)31)15-9-10-20(17-28)19(2)3)27(32)33-18-25-23-13-7-5-11-21(23)22-12-6-8-14-24(22)25/h5-8,11-14,19-20,25H,4,9-10,15-18H2,1-3H3,(H,30,31). The third kappa shape index (κ3) is 4.25. The van der Waals surface area contributed by atoms with Crippen LogP contribution in [0.2, 0.25) is 0 Å². The van der Waals surface area contributed by atoms with Crippen LogP contribution >= 0.6 is 0 Å². The molecule has 1 fully saturated rings. The van der Waals surface area contributed by atoms with Gasteiger partial charge in [0.25, 0.3) is 0 Å². The first-order chi connectivity index (χ1) is 15.9. The normalized spacial score (nSPS) is 22.0. The molecule has 0 spiro atoms. The zero-order valence-corrected chi connectivity index (χ0v) is 19.9. The second-order valence-electron chi connectivity index (χ2n) is 9.89. The van der Waals surface area contributed by atoms with Gasteiger partial charge in [-0.15, -0.1) is 0 Å². The highest BCUT2D eigenvalue weighted by molar-refractivity contribution is 5.85. The van der Waals surface area contributed by atoms with Gasteiger partial charge in [0.2, 0.25) is 0 Å². The van der Waals surface area contributed by atoms with Crippen molar-refractivity contribution in [3.8, 4) is 11.1 Å². The van der Waals surface area contributed by atoms with Crippen molar-refractivity contribution in [2.75, 3.05) is 13.2 Å². The van der Waals surface area contributed by atoms with Crippen LogP contribution < -0.4 is 0 Å². The molecule has 0 bridgehead atoms. The van der Waals surface area contributed by atoms with Crippen molar-refractivity contribution in [1.29, 1.82) is 0 Å². The minimum Gasteiger partial charge on any atom is -0.479 e. The van der Waals surface area contributed by atoms with E-state index in [2.05, 4.69) is 38.1 Å². The Kier molecular flexibility index (Phi) is 6.78. The number of carbonyl (C=O) groups excluding carboxylic acids is 1. The number of aliphatic carboxylic acids is 1. The molecule has 4 rings (SSSR count). The van der Waals surface area contributed by atoms with Gasteiger partial charge in [-0.1, -0.05) is 75.7 Å². The fourth-order valence-corrected chi connectivity index (χ4v) is 5.79. The topological polar surface area (TPSA) is 66.8 Å². The summed E-state index contributed by atoms with van der Waals surface area (Å²) in [4.78, 5) is 27.6. The Morgan fingerprint density at radius 3 is 2.24 bits per heavy atom. The summed E-state index contributed by atoms with van der Waals surface area (Å²) in [5.74, 6) is -0.277. The van der Waals surface area contributed by atoms with Crippen LogP contribution in [0.5, 0.6) is 0 Å². The predicted molar refractivity (Wildman–Crippen MR) is 129 cm³/mol. The van der Waals surface area contributed by atoms with Crippen molar-refractivity contribution < 1.29 is 19.4 Å². The number of fused-ring (bicyclic) bond motifs is 3. The lowest BCUT2D eigenvalue weighted by Crippen LogP contribution is -2.60. The smallest absolute Gasteiger partial charge is 0.410 e. The minimum absolute atomic E-state index is 0.0413. The van der Waals surface area contributed by atoms with Crippen LogP contribution in [0, 0.1) is 11.8 Å². The van der Waals surface area contributed by atoms with E-state index in [-0.39, 0.29) is 18.4 Å². The molecule has 5 heteroatoms. The number of hydrogen-bond donors (Lipinski definition) is 1. The summed E-state index contributed by atoms with van der Waals surface area (Å²) in [6, 6.07) is 16.5. The molecule has 176 valence electrons. The van der Waals surface area contributed by atoms with Crippen LogP contribution in [0.3, 0.4) is 0 Å². The summed E-state index contributed by atoms with van der Waals surface area (Å²) in [5, 5.41) is 10.3. The Hall–Kier alpha value is -2.82. The van der Waals surface area contributed by atoms with Crippen molar-refractivity contribution in [1.82, 2.24) is 4.90 Å². The van der Waals surface area contributed by atoms with Crippen molar-refractivity contribution in [3.05, 3.63) is 59.7 Å². The monoisotopic (exact) mass is 449 g/mol. The molecule has 1 saturated carbocycles. The summed E-state index contributed by atoms with van der Waals surface area (Å²) >= 11 is 0. The lowest BCUT2D eigenvalue weighted by atomic mass is 9.71. The van der Waals surface area contributed by atoms with E-state index in [0.29, 0.717) is 31.7 Å². The summed E-state index contributed by atoms with van der Waals surface area (Å²) in [6.45, 7) is 6.84. The molecule has 0 aliphatic heterocycles. The predicted octanol–water partition coefficient (Wildman–Crippen LogP) is 6.32. The first-order valence-corrected chi connectivity index (χ1v) is 12.2. The van der Waals surface area contributed by atoms with E-state index in [9.17, 15) is 14.7 Å². The summed E-state index contributed by atoms with van der Waals surface area (Å²) in [7, 11) is 0. The summed E-state index contributed by atoms with van der Waals surface area (Å²) in [5.41, 5.74) is 3.46. The maximum absolute atomic E-state index is 13.4. The van der Waals surface area contributed by atoms with Gasteiger partial charge in [0.05, 0.1) is 0 Å². The fourth-order valence-electron chi connectivity index (χ4n) is 5.79. The number of hydrogen-bond acceptors (Lipinski definition) is 3. The van der Waals surface area contributed by atoms with E-state index in [0.717, 1.165) is 24.0 Å². The second-order valence-corrected chi connectivity index (χ2v) is 9.89. The molecule has 0 saturated heterocycles. The molecule has 0 heterocycles. The van der Waals surface area contributed by atoms with E-state index in [1.165, 1.54) is 16.0 Å². The maximum Gasteiger partial charge on any atom is 0.410 e. The van der Waals surface area contributed by atoms with E-state index in [4.69, 9.17) is 4.74 Å². The average molecular weight is 450 g/mol. The summed E-state index contributed by atoms with van der Waals surface area (Å²) < 4.78 is 5.90. The molecule has 0 radical (unpaired) electrons. The number of nitrogens with zero attached hydrogens (tertiary/aromatic N) is 1. The van der Waals surface area contributed by atoms with Gasteiger partial charge >= 0.3 is 12.1 Å². The molecule has 33 heavy (non-hydrogen) atoms. The zero-order valence-electron chi connectivity index (χ0n) is 19.9. The Labute approximate surface area is 196 Å². The Morgan fingerprint density at radius 1 is 1.09 bits per heavy atom. The van der Waals surface area contributed by atoms with Gasteiger partial charge in [0.1, 0.15) is 12.1 Å². The highest BCUT2D eigenvalue weighted by Gasteiger charge is 2.50. The molecule has 1 N–H and O–H groups in total. The van der Waals surface area contributed by atoms with Crippen LogP contribution in [0.25, 0.3) is 11.1 Å². The van der Waals surface area contributed by atoms with Gasteiger partial charge in [0, 0.05) is 12.5 Å². The highest BCUT2D eigenvalue weighted by atomic mass is 16.6. The maximum atomic E-state index is 13.4. The van der Waals surface area contributed by atoms with Gasteiger partial charge in [0.15, 0.2) is 0 Å². The Bertz CT molecular complexity index is 971. The van der Waals surface area contributed by atoms with Gasteiger partial charge in [-0.05, 0) is 59.8 Å². The molecule has 0 aromatic heterocycles. The molecule has 5 nitrogen and oxygen atoms in total. The van der Waals surface area contributed by atoms with E-state index in [1.807, 2.05) is 31.2 Å². The number of amides is 1. The van der Waals surface area contributed by atoms with Crippen molar-refractivity contribution in [2.24, 2.45) is 11.8 Å². The van der Waals surface area contributed by atoms with Gasteiger partial charge in [-0.3, -0.25) is 4.90 Å². The Morgan fingerprint density at radius 2 is 1.70 bits per heavy atom. The number of carboxylic acids is 1. The molecule has 2 unspecified atom stereocenters. The van der Waals surface area contributed by atoms with E-state index < -0.39 is 17.6 Å². The van der Waals surface area contributed by atoms with Gasteiger partial charge in [-0.2, -0.15) is 0 Å². The van der Waals surface area contributed by atoms with Crippen molar-refractivity contribution in [3.63, 3.8) is 0 Å². The van der Waals surface area contributed by atoms with Crippen LogP contribution in [0.1, 0.15) is 69.9 Å². The fraction of sp³-hybridized carbons (Fsp3) is 0.500. The average Bonchev–Trinajstić information content (AvgIpc) is 3.14. The van der Waals surface area contributed by atoms with E-state index in [1.54, 1.807) is 0 Å². The lowest BCUT2D eigenvalue weighted by molar-refractivity contribution is -0.154. The van der Waals surface area contributed by atoms with Crippen LogP contribution in [-0.2, 0) is 9.53 Å². The quantitative estimate of drug-likeness (QED) is 0.537. The number of benzene rings is 2. The van der Waals surface area contributed by atoms with Crippen LogP contribution in [0.15, 0.2) is 48.5 Å². The third-order valence-corrected chi connectivity index (χ3v) is 7.63. The molecule has 2 aromatic carbocycles. The molecule has 1 amide bonds.